The van der Waals surface area contributed by atoms with E-state index in [9.17, 15) is 13.2 Å². The molecule has 2 aromatic rings. The van der Waals surface area contributed by atoms with Gasteiger partial charge in [0, 0.05) is 30.8 Å². The Hall–Kier alpha value is -2.68. The number of ether oxygens (including phenoxy) is 1. The highest BCUT2D eigenvalue weighted by Gasteiger charge is 2.20. The van der Waals surface area contributed by atoms with Crippen LogP contribution < -0.4 is 14.8 Å². The third-order valence-corrected chi connectivity index (χ3v) is 7.47. The number of carbonyl (C=O) groups excluding carboxylic acids is 1. The van der Waals surface area contributed by atoms with E-state index in [4.69, 9.17) is 4.74 Å². The zero-order valence-electron chi connectivity index (χ0n) is 21.0. The van der Waals surface area contributed by atoms with Gasteiger partial charge in [0.25, 0.3) is 5.91 Å². The van der Waals surface area contributed by atoms with Gasteiger partial charge in [-0.1, -0.05) is 25.1 Å². The normalized spacial score (nSPS) is 16.3. The van der Waals surface area contributed by atoms with Gasteiger partial charge in [-0.2, -0.15) is 0 Å². The van der Waals surface area contributed by atoms with Gasteiger partial charge in [0.2, 0.25) is 10.0 Å². The zero-order chi connectivity index (χ0) is 25.3. The molecule has 0 unspecified atom stereocenters. The monoisotopic (exact) mass is 499 g/mol. The first-order valence-electron chi connectivity index (χ1n) is 12.5. The molecule has 0 aromatic heterocycles. The maximum Gasteiger partial charge on any atom is 0.253 e. The molecule has 0 saturated carbocycles. The quantitative estimate of drug-likeness (QED) is 0.572. The van der Waals surface area contributed by atoms with Gasteiger partial charge in [-0.3, -0.25) is 4.79 Å². The molecule has 0 atom stereocenters. The van der Waals surface area contributed by atoms with Crippen LogP contribution in [0.2, 0.25) is 0 Å². The number of nitrogens with zero attached hydrogens (tertiary/aromatic N) is 1. The van der Waals surface area contributed by atoms with E-state index in [1.807, 2.05) is 45.0 Å². The van der Waals surface area contributed by atoms with Crippen LogP contribution in [0.4, 0.5) is 0 Å². The highest BCUT2D eigenvalue weighted by Crippen LogP contribution is 2.34. The SMILES string of the molecule is CCCNS(=O)(=O)c1ccc2c(c1)/C(c1ccc(C(=O)N(CC)CC)cc1)=C\CCNCCCO2. The minimum absolute atomic E-state index is 0.00119. The van der Waals surface area contributed by atoms with E-state index in [0.717, 1.165) is 42.6 Å². The number of benzene rings is 2. The molecule has 0 radical (unpaired) electrons. The van der Waals surface area contributed by atoms with Gasteiger partial charge in [-0.05, 0) is 87.7 Å². The van der Waals surface area contributed by atoms with Crippen molar-refractivity contribution in [3.05, 3.63) is 65.2 Å². The molecule has 3 rings (SSSR count). The molecule has 0 spiro atoms. The average molecular weight is 500 g/mol. The highest BCUT2D eigenvalue weighted by atomic mass is 32.2. The molecule has 1 aliphatic heterocycles. The maximum absolute atomic E-state index is 12.9. The summed E-state index contributed by atoms with van der Waals surface area (Å²) in [5, 5.41) is 3.41. The Labute approximate surface area is 209 Å². The largest absolute Gasteiger partial charge is 0.493 e. The number of hydrogen-bond donors (Lipinski definition) is 2. The Kier molecular flexibility index (Phi) is 9.89. The number of rotatable bonds is 8. The van der Waals surface area contributed by atoms with Crippen LogP contribution in [0.5, 0.6) is 5.75 Å². The summed E-state index contributed by atoms with van der Waals surface area (Å²) in [4.78, 5) is 14.8. The fourth-order valence-corrected chi connectivity index (χ4v) is 5.18. The summed E-state index contributed by atoms with van der Waals surface area (Å²) in [5.74, 6) is 0.650. The standard InChI is InChI=1S/C27H37N3O4S/c1-4-16-29-35(32,33)23-14-15-26-25(20-23)24(9-7-17-28-18-8-19-34-26)21-10-12-22(13-11-21)27(31)30(5-2)6-3/h9-15,20,28-29H,4-8,16-19H2,1-3H3/b24-9-. The number of amides is 1. The lowest BCUT2D eigenvalue weighted by molar-refractivity contribution is 0.0773. The van der Waals surface area contributed by atoms with Crippen molar-refractivity contribution in [2.24, 2.45) is 0 Å². The van der Waals surface area contributed by atoms with E-state index in [1.165, 1.54) is 0 Å². The summed E-state index contributed by atoms with van der Waals surface area (Å²) >= 11 is 0. The van der Waals surface area contributed by atoms with Crippen LogP contribution in [0.15, 0.2) is 53.4 Å². The average Bonchev–Trinajstić information content (AvgIpc) is 2.92. The van der Waals surface area contributed by atoms with Crippen LogP contribution in [0, 0.1) is 0 Å². The number of fused-ring (bicyclic) bond motifs is 1. The van der Waals surface area contributed by atoms with Crippen LogP contribution in [-0.4, -0.2) is 58.6 Å². The Balaban J connectivity index is 2.06. The van der Waals surface area contributed by atoms with E-state index in [-0.39, 0.29) is 10.8 Å². The van der Waals surface area contributed by atoms with Crippen molar-refractivity contribution in [2.45, 2.75) is 44.9 Å². The van der Waals surface area contributed by atoms with Crippen molar-refractivity contribution in [3.8, 4) is 5.75 Å². The number of carbonyl (C=O) groups is 1. The number of nitrogens with one attached hydrogen (secondary N) is 2. The van der Waals surface area contributed by atoms with Crippen LogP contribution in [0.3, 0.4) is 0 Å². The molecule has 35 heavy (non-hydrogen) atoms. The second kappa shape index (κ2) is 12.9. The maximum atomic E-state index is 12.9. The molecule has 1 heterocycles. The molecular weight excluding hydrogens is 462 g/mol. The van der Waals surface area contributed by atoms with Crippen molar-refractivity contribution in [1.29, 1.82) is 0 Å². The molecule has 7 nitrogen and oxygen atoms in total. The third kappa shape index (κ3) is 6.93. The van der Waals surface area contributed by atoms with Crippen LogP contribution in [0.25, 0.3) is 5.57 Å². The van der Waals surface area contributed by atoms with Gasteiger partial charge in [-0.25, -0.2) is 13.1 Å². The molecule has 0 bridgehead atoms. The van der Waals surface area contributed by atoms with Crippen molar-refractivity contribution in [1.82, 2.24) is 14.9 Å². The predicted molar refractivity (Wildman–Crippen MR) is 140 cm³/mol. The first-order chi connectivity index (χ1) is 16.9. The summed E-state index contributed by atoms with van der Waals surface area (Å²) < 4.78 is 34.5. The first kappa shape index (κ1) is 26.9. The molecule has 0 fully saturated rings. The van der Waals surface area contributed by atoms with Gasteiger partial charge < -0.3 is 15.0 Å². The summed E-state index contributed by atoms with van der Waals surface area (Å²) in [6.07, 6.45) is 4.45. The zero-order valence-corrected chi connectivity index (χ0v) is 21.8. The first-order valence-corrected chi connectivity index (χ1v) is 14.0. The molecule has 8 heteroatoms. The molecular formula is C27H37N3O4S. The van der Waals surface area contributed by atoms with Gasteiger partial charge in [-0.15, -0.1) is 0 Å². The summed E-state index contributed by atoms with van der Waals surface area (Å²) in [5.41, 5.74) is 3.15. The lowest BCUT2D eigenvalue weighted by Crippen LogP contribution is -2.30. The van der Waals surface area contributed by atoms with Crippen LogP contribution in [-0.2, 0) is 10.0 Å². The highest BCUT2D eigenvalue weighted by molar-refractivity contribution is 7.89. The number of sulfonamides is 1. The van der Waals surface area contributed by atoms with Gasteiger partial charge in [0.15, 0.2) is 0 Å². The van der Waals surface area contributed by atoms with E-state index in [0.29, 0.717) is 44.0 Å². The van der Waals surface area contributed by atoms with Crippen LogP contribution >= 0.6 is 0 Å². The minimum Gasteiger partial charge on any atom is -0.493 e. The van der Waals surface area contributed by atoms with Crippen LogP contribution in [0.1, 0.15) is 61.5 Å². The summed E-state index contributed by atoms with van der Waals surface area (Å²) in [6.45, 7) is 9.76. The van der Waals surface area contributed by atoms with E-state index in [1.54, 1.807) is 23.1 Å². The predicted octanol–water partition coefficient (Wildman–Crippen LogP) is 4.05. The second-order valence-corrected chi connectivity index (χ2v) is 10.2. The minimum atomic E-state index is -3.63. The Morgan fingerprint density at radius 1 is 1.06 bits per heavy atom. The molecule has 190 valence electrons. The van der Waals surface area contributed by atoms with Crippen molar-refractivity contribution >= 4 is 21.5 Å². The fourth-order valence-electron chi connectivity index (χ4n) is 4.02. The summed E-state index contributed by atoms with van der Waals surface area (Å²) in [6, 6.07) is 12.6. The lowest BCUT2D eigenvalue weighted by Gasteiger charge is -2.19. The fraction of sp³-hybridized carbons (Fsp3) is 0.444. The van der Waals surface area contributed by atoms with Gasteiger partial charge in [0.05, 0.1) is 11.5 Å². The van der Waals surface area contributed by atoms with Crippen molar-refractivity contribution in [2.75, 3.05) is 39.3 Å². The smallest absolute Gasteiger partial charge is 0.253 e. The molecule has 1 amide bonds. The Morgan fingerprint density at radius 3 is 2.49 bits per heavy atom. The molecule has 1 aliphatic rings. The lowest BCUT2D eigenvalue weighted by atomic mass is 9.95. The Bertz CT molecular complexity index is 1120. The molecule has 0 saturated heterocycles. The molecule has 2 N–H and O–H groups in total. The Morgan fingerprint density at radius 2 is 1.80 bits per heavy atom. The van der Waals surface area contributed by atoms with Crippen molar-refractivity contribution in [3.63, 3.8) is 0 Å². The van der Waals surface area contributed by atoms with Gasteiger partial charge >= 0.3 is 0 Å². The van der Waals surface area contributed by atoms with E-state index in [2.05, 4.69) is 16.1 Å². The molecule has 2 aromatic carbocycles. The third-order valence-electron chi connectivity index (χ3n) is 6.01. The topological polar surface area (TPSA) is 87.7 Å². The number of hydrogen-bond acceptors (Lipinski definition) is 5. The summed E-state index contributed by atoms with van der Waals surface area (Å²) in [7, 11) is -3.63. The van der Waals surface area contributed by atoms with Crippen molar-refractivity contribution < 1.29 is 17.9 Å². The molecule has 0 aliphatic carbocycles. The van der Waals surface area contributed by atoms with E-state index < -0.39 is 10.0 Å². The van der Waals surface area contributed by atoms with E-state index >= 15 is 0 Å². The van der Waals surface area contributed by atoms with Gasteiger partial charge in [0.1, 0.15) is 5.75 Å². The second-order valence-electron chi connectivity index (χ2n) is 8.47.